The molecule has 0 aromatic heterocycles. The van der Waals surface area contributed by atoms with E-state index in [0.29, 0.717) is 6.54 Å². The molecule has 0 bridgehead atoms. The molecule has 5 nitrogen and oxygen atoms in total. The van der Waals surface area contributed by atoms with Crippen molar-refractivity contribution >= 4 is 18.3 Å². The molecule has 1 aromatic rings. The van der Waals surface area contributed by atoms with Crippen LogP contribution in [0.3, 0.4) is 0 Å². The highest BCUT2D eigenvalue weighted by atomic mass is 35.5. The van der Waals surface area contributed by atoms with Gasteiger partial charge in [-0.2, -0.15) is 0 Å². The predicted octanol–water partition coefficient (Wildman–Crippen LogP) is 2.11. The Kier molecular flexibility index (Phi) is 4.96. The molecule has 21 heavy (non-hydrogen) atoms. The minimum Gasteiger partial charge on any atom is -0.454 e. The third kappa shape index (κ3) is 3.41. The zero-order valence-electron chi connectivity index (χ0n) is 11.9. The van der Waals surface area contributed by atoms with Gasteiger partial charge in [0, 0.05) is 6.54 Å². The maximum Gasteiger partial charge on any atom is 0.240 e. The average Bonchev–Trinajstić information content (AvgIpc) is 2.93. The number of ether oxygens (including phenoxy) is 2. The molecule has 6 heteroatoms. The average molecular weight is 313 g/mol. The molecule has 1 saturated carbocycles. The minimum atomic E-state index is -0.686. The van der Waals surface area contributed by atoms with E-state index in [1.165, 1.54) is 6.42 Å². The summed E-state index contributed by atoms with van der Waals surface area (Å²) in [6.07, 6.45) is 4.80. The van der Waals surface area contributed by atoms with Crippen LogP contribution in [-0.2, 0) is 11.3 Å². The van der Waals surface area contributed by atoms with Crippen LogP contribution in [0, 0.1) is 0 Å². The van der Waals surface area contributed by atoms with Crippen molar-refractivity contribution < 1.29 is 14.3 Å². The quantitative estimate of drug-likeness (QED) is 0.896. The van der Waals surface area contributed by atoms with Gasteiger partial charge in [0.2, 0.25) is 12.7 Å². The van der Waals surface area contributed by atoms with Gasteiger partial charge in [-0.25, -0.2) is 0 Å². The van der Waals surface area contributed by atoms with E-state index in [2.05, 4.69) is 5.32 Å². The fraction of sp³-hybridized carbons (Fsp3) is 0.533. The van der Waals surface area contributed by atoms with E-state index in [0.717, 1.165) is 42.7 Å². The molecule has 0 unspecified atom stereocenters. The lowest BCUT2D eigenvalue weighted by Crippen LogP contribution is -2.54. The smallest absolute Gasteiger partial charge is 0.240 e. The summed E-state index contributed by atoms with van der Waals surface area (Å²) in [7, 11) is 0. The van der Waals surface area contributed by atoms with Gasteiger partial charge in [-0.05, 0) is 30.5 Å². The van der Waals surface area contributed by atoms with Crippen molar-refractivity contribution in [1.82, 2.24) is 5.32 Å². The van der Waals surface area contributed by atoms with Crippen LogP contribution in [0.2, 0.25) is 0 Å². The summed E-state index contributed by atoms with van der Waals surface area (Å²) in [6.45, 7) is 0.728. The number of rotatable bonds is 3. The van der Waals surface area contributed by atoms with Gasteiger partial charge in [-0.3, -0.25) is 4.79 Å². The summed E-state index contributed by atoms with van der Waals surface area (Å²) < 4.78 is 10.6. The van der Waals surface area contributed by atoms with Crippen LogP contribution in [0.4, 0.5) is 0 Å². The Hall–Kier alpha value is -1.46. The molecule has 0 radical (unpaired) electrons. The van der Waals surface area contributed by atoms with Crippen LogP contribution >= 0.6 is 12.4 Å². The van der Waals surface area contributed by atoms with Crippen molar-refractivity contribution in [3.8, 4) is 11.5 Å². The van der Waals surface area contributed by atoms with Gasteiger partial charge in [0.25, 0.3) is 0 Å². The second kappa shape index (κ2) is 6.54. The zero-order valence-corrected chi connectivity index (χ0v) is 12.7. The zero-order chi connectivity index (χ0) is 14.0. The SMILES string of the molecule is Cl.NC1(C(=O)NCc2ccc3c(c2)OCO3)CCCCC1. The molecule has 3 rings (SSSR count). The Morgan fingerprint density at radius 1 is 1.19 bits per heavy atom. The number of carbonyl (C=O) groups is 1. The Balaban J connectivity index is 0.00000161. The molecule has 2 aliphatic rings. The standard InChI is InChI=1S/C15H20N2O3.ClH/c16-15(6-2-1-3-7-15)14(18)17-9-11-4-5-12-13(8-11)20-10-19-12;/h4-5,8H,1-3,6-7,9-10,16H2,(H,17,18);1H. The molecular weight excluding hydrogens is 292 g/mol. The molecule has 1 aromatic carbocycles. The van der Waals surface area contributed by atoms with Crippen LogP contribution in [0.5, 0.6) is 11.5 Å². The van der Waals surface area contributed by atoms with E-state index >= 15 is 0 Å². The molecule has 1 amide bonds. The monoisotopic (exact) mass is 312 g/mol. The Morgan fingerprint density at radius 3 is 2.67 bits per heavy atom. The number of carbonyl (C=O) groups excluding carboxylic acids is 1. The highest BCUT2D eigenvalue weighted by Gasteiger charge is 2.34. The highest BCUT2D eigenvalue weighted by Crippen LogP contribution is 2.32. The lowest BCUT2D eigenvalue weighted by atomic mass is 9.82. The summed E-state index contributed by atoms with van der Waals surface area (Å²) in [6, 6.07) is 5.69. The van der Waals surface area contributed by atoms with Gasteiger partial charge in [-0.15, -0.1) is 12.4 Å². The first-order valence-electron chi connectivity index (χ1n) is 7.13. The first-order valence-corrected chi connectivity index (χ1v) is 7.13. The maximum absolute atomic E-state index is 12.2. The Labute approximate surface area is 130 Å². The summed E-state index contributed by atoms with van der Waals surface area (Å²) in [5, 5.41) is 2.94. The van der Waals surface area contributed by atoms with Crippen molar-refractivity contribution in [2.24, 2.45) is 5.73 Å². The third-order valence-corrected chi connectivity index (χ3v) is 4.09. The highest BCUT2D eigenvalue weighted by molar-refractivity contribution is 5.86. The largest absolute Gasteiger partial charge is 0.454 e. The number of halogens is 1. The van der Waals surface area contributed by atoms with Gasteiger partial charge >= 0.3 is 0 Å². The fourth-order valence-corrected chi connectivity index (χ4v) is 2.82. The first kappa shape index (κ1) is 15.9. The van der Waals surface area contributed by atoms with E-state index in [4.69, 9.17) is 15.2 Å². The molecule has 1 aliphatic heterocycles. The van der Waals surface area contributed by atoms with Gasteiger partial charge in [0.1, 0.15) is 0 Å². The number of hydrogen-bond acceptors (Lipinski definition) is 4. The number of nitrogens with one attached hydrogen (secondary N) is 1. The van der Waals surface area contributed by atoms with Crippen LogP contribution in [-0.4, -0.2) is 18.2 Å². The van der Waals surface area contributed by atoms with E-state index in [1.807, 2.05) is 18.2 Å². The Morgan fingerprint density at radius 2 is 1.90 bits per heavy atom. The first-order chi connectivity index (χ1) is 9.67. The number of nitrogens with two attached hydrogens (primary N) is 1. The maximum atomic E-state index is 12.2. The third-order valence-electron chi connectivity index (χ3n) is 4.09. The molecule has 1 aliphatic carbocycles. The normalized spacial score (nSPS) is 18.7. The molecule has 1 fully saturated rings. The minimum absolute atomic E-state index is 0. The summed E-state index contributed by atoms with van der Waals surface area (Å²) in [5.41, 5.74) is 6.50. The van der Waals surface area contributed by atoms with Crippen molar-refractivity contribution in [3.05, 3.63) is 23.8 Å². The second-order valence-electron chi connectivity index (χ2n) is 5.59. The van der Waals surface area contributed by atoms with Crippen LogP contribution in [0.1, 0.15) is 37.7 Å². The van der Waals surface area contributed by atoms with Crippen molar-refractivity contribution in [2.75, 3.05) is 6.79 Å². The van der Waals surface area contributed by atoms with Crippen LogP contribution < -0.4 is 20.5 Å². The second-order valence-corrected chi connectivity index (χ2v) is 5.59. The predicted molar refractivity (Wildman–Crippen MR) is 81.7 cm³/mol. The van der Waals surface area contributed by atoms with Gasteiger partial charge in [0.05, 0.1) is 5.54 Å². The van der Waals surface area contributed by atoms with Gasteiger partial charge in [0.15, 0.2) is 11.5 Å². The number of hydrogen-bond donors (Lipinski definition) is 2. The number of benzene rings is 1. The molecule has 116 valence electrons. The fourth-order valence-electron chi connectivity index (χ4n) is 2.82. The summed E-state index contributed by atoms with van der Waals surface area (Å²) >= 11 is 0. The summed E-state index contributed by atoms with van der Waals surface area (Å²) in [5.74, 6) is 1.44. The molecule has 0 spiro atoms. The van der Waals surface area contributed by atoms with E-state index in [9.17, 15) is 4.79 Å². The topological polar surface area (TPSA) is 73.6 Å². The number of amides is 1. The number of fused-ring (bicyclic) bond motifs is 1. The van der Waals surface area contributed by atoms with Crippen LogP contribution in [0.15, 0.2) is 18.2 Å². The van der Waals surface area contributed by atoms with E-state index < -0.39 is 5.54 Å². The van der Waals surface area contributed by atoms with Gasteiger partial charge < -0.3 is 20.5 Å². The van der Waals surface area contributed by atoms with Gasteiger partial charge in [-0.1, -0.05) is 25.3 Å². The van der Waals surface area contributed by atoms with Crippen molar-refractivity contribution in [2.45, 2.75) is 44.2 Å². The van der Waals surface area contributed by atoms with Crippen molar-refractivity contribution in [3.63, 3.8) is 0 Å². The van der Waals surface area contributed by atoms with E-state index in [-0.39, 0.29) is 25.1 Å². The lowest BCUT2D eigenvalue weighted by Gasteiger charge is -2.31. The Bertz CT molecular complexity index is 516. The molecule has 1 heterocycles. The summed E-state index contributed by atoms with van der Waals surface area (Å²) in [4.78, 5) is 12.2. The molecule has 0 atom stereocenters. The van der Waals surface area contributed by atoms with E-state index in [1.54, 1.807) is 0 Å². The molecule has 3 N–H and O–H groups in total. The van der Waals surface area contributed by atoms with Crippen LogP contribution in [0.25, 0.3) is 0 Å². The molecular formula is C15H21ClN2O3. The lowest BCUT2D eigenvalue weighted by molar-refractivity contribution is -0.127. The van der Waals surface area contributed by atoms with Crippen molar-refractivity contribution in [1.29, 1.82) is 0 Å². The molecule has 0 saturated heterocycles.